The molecule has 2 saturated heterocycles. The van der Waals surface area contributed by atoms with Crippen LogP contribution in [0.3, 0.4) is 0 Å². The first-order valence-electron chi connectivity index (χ1n) is 10.3. The van der Waals surface area contributed by atoms with Gasteiger partial charge in [-0.2, -0.15) is 4.31 Å². The third-order valence-corrected chi connectivity index (χ3v) is 8.56. The van der Waals surface area contributed by atoms with Crippen molar-refractivity contribution < 1.29 is 13.2 Å². The number of benzene rings is 1. The Morgan fingerprint density at radius 2 is 2.07 bits per heavy atom. The van der Waals surface area contributed by atoms with Gasteiger partial charge in [0.25, 0.3) is 0 Å². The van der Waals surface area contributed by atoms with Crippen LogP contribution in [0.4, 0.5) is 0 Å². The molecule has 0 aromatic heterocycles. The molecule has 0 spiro atoms. The van der Waals surface area contributed by atoms with E-state index >= 15 is 0 Å². The van der Waals surface area contributed by atoms with Crippen LogP contribution in [0.15, 0.2) is 30.3 Å². The Bertz CT molecular complexity index is 909. The second-order valence-corrected chi connectivity index (χ2v) is 10.4. The first-order valence-corrected chi connectivity index (χ1v) is 11.8. The number of amides is 1. The zero-order chi connectivity index (χ0) is 20.4. The van der Waals surface area contributed by atoms with Crippen LogP contribution in [0, 0.1) is 23.7 Å². The van der Waals surface area contributed by atoms with E-state index in [9.17, 15) is 13.2 Å². The summed E-state index contributed by atoms with van der Waals surface area (Å²) in [6, 6.07) is 8.83. The zero-order valence-electron chi connectivity index (χ0n) is 16.6. The van der Waals surface area contributed by atoms with Gasteiger partial charge < -0.3 is 5.32 Å². The summed E-state index contributed by atoms with van der Waals surface area (Å²) in [6.07, 6.45) is 2.21. The summed E-state index contributed by atoms with van der Waals surface area (Å²) in [5.41, 5.74) is 7.16. The smallest absolute Gasteiger partial charge is 0.239 e. The Morgan fingerprint density at radius 3 is 2.79 bits per heavy atom. The first kappa shape index (κ1) is 20.4. The molecule has 7 nitrogen and oxygen atoms in total. The standard InChI is InChI=1S/C21H28N4O3S/c1-15-12-17-14-23-24-20(17)19(13-15)29(27,28)25-11-9-18(25)21(26)22-10-5-8-16-6-3-2-4-7-16/h2-4,6-7,15,17-20,23-24H,9-14H2,1H3,(H,22,26)/t15?,17?,18-,19?,20?/m0/s1. The zero-order valence-corrected chi connectivity index (χ0v) is 17.4. The highest BCUT2D eigenvalue weighted by atomic mass is 32.2. The van der Waals surface area contributed by atoms with Gasteiger partial charge in [0.1, 0.15) is 6.04 Å². The third kappa shape index (κ3) is 4.19. The SMILES string of the molecule is CC1CC2CNNC2C(S(=O)(=O)N2CC[C@H]2C(=O)NCC#Cc2ccccc2)C1. The van der Waals surface area contributed by atoms with Gasteiger partial charge in [0, 0.05) is 24.7 Å². The van der Waals surface area contributed by atoms with E-state index < -0.39 is 21.3 Å². The summed E-state index contributed by atoms with van der Waals surface area (Å²) in [5.74, 6) is 6.32. The van der Waals surface area contributed by atoms with Gasteiger partial charge in [-0.05, 0) is 43.2 Å². The van der Waals surface area contributed by atoms with Crippen molar-refractivity contribution in [2.45, 2.75) is 43.5 Å². The molecule has 4 unspecified atom stereocenters. The molecule has 4 rings (SSSR count). The first-order chi connectivity index (χ1) is 14.0. The molecule has 0 bridgehead atoms. The van der Waals surface area contributed by atoms with Gasteiger partial charge in [-0.1, -0.05) is 37.0 Å². The van der Waals surface area contributed by atoms with Gasteiger partial charge in [0.15, 0.2) is 0 Å². The lowest BCUT2D eigenvalue weighted by atomic mass is 9.79. The van der Waals surface area contributed by atoms with Crippen molar-refractivity contribution in [1.29, 1.82) is 0 Å². The van der Waals surface area contributed by atoms with E-state index in [0.29, 0.717) is 31.2 Å². The van der Waals surface area contributed by atoms with Gasteiger partial charge in [-0.25, -0.2) is 8.42 Å². The second-order valence-electron chi connectivity index (χ2n) is 8.27. The Kier molecular flexibility index (Phi) is 5.93. The highest BCUT2D eigenvalue weighted by Crippen LogP contribution is 2.37. The monoisotopic (exact) mass is 416 g/mol. The van der Waals surface area contributed by atoms with Crippen LogP contribution in [-0.4, -0.2) is 55.6 Å². The number of sulfonamides is 1. The molecule has 0 radical (unpaired) electrons. The van der Waals surface area contributed by atoms with Crippen molar-refractivity contribution in [3.63, 3.8) is 0 Å². The number of carbonyl (C=O) groups is 1. The van der Waals surface area contributed by atoms with E-state index in [0.717, 1.165) is 18.5 Å². The van der Waals surface area contributed by atoms with Crippen molar-refractivity contribution in [2.24, 2.45) is 11.8 Å². The van der Waals surface area contributed by atoms with Gasteiger partial charge >= 0.3 is 0 Å². The van der Waals surface area contributed by atoms with E-state index in [1.807, 2.05) is 30.3 Å². The Hall–Kier alpha value is -1.92. The van der Waals surface area contributed by atoms with Gasteiger partial charge in [-0.3, -0.25) is 15.6 Å². The largest absolute Gasteiger partial charge is 0.344 e. The number of hydrogen-bond acceptors (Lipinski definition) is 5. The fraction of sp³-hybridized carbons (Fsp3) is 0.571. The molecule has 1 amide bonds. The number of carbonyl (C=O) groups excluding carboxylic acids is 1. The minimum Gasteiger partial charge on any atom is -0.344 e. The van der Waals surface area contributed by atoms with Crippen molar-refractivity contribution in [1.82, 2.24) is 20.5 Å². The van der Waals surface area contributed by atoms with Crippen molar-refractivity contribution >= 4 is 15.9 Å². The average molecular weight is 417 g/mol. The maximum Gasteiger partial charge on any atom is 0.239 e. The molecule has 3 N–H and O–H groups in total. The van der Waals surface area contributed by atoms with E-state index in [1.165, 1.54) is 4.31 Å². The molecule has 8 heteroatoms. The molecule has 2 heterocycles. The number of hydrazine groups is 1. The van der Waals surface area contributed by atoms with Crippen molar-refractivity contribution in [2.75, 3.05) is 19.6 Å². The summed E-state index contributed by atoms with van der Waals surface area (Å²) in [4.78, 5) is 12.6. The van der Waals surface area contributed by atoms with Gasteiger partial charge in [0.2, 0.25) is 15.9 Å². The van der Waals surface area contributed by atoms with Crippen LogP contribution in [0.5, 0.6) is 0 Å². The van der Waals surface area contributed by atoms with Gasteiger partial charge in [0.05, 0.1) is 11.8 Å². The Balaban J connectivity index is 1.38. The fourth-order valence-corrected chi connectivity index (χ4v) is 7.16. The van der Waals surface area contributed by atoms with Gasteiger partial charge in [-0.15, -0.1) is 0 Å². The lowest BCUT2D eigenvalue weighted by Gasteiger charge is -2.44. The Morgan fingerprint density at radius 1 is 1.28 bits per heavy atom. The van der Waals surface area contributed by atoms with E-state index in [2.05, 4.69) is 34.9 Å². The molecule has 156 valence electrons. The molecule has 3 aliphatic rings. The topological polar surface area (TPSA) is 90.5 Å². The van der Waals surface area contributed by atoms with Crippen LogP contribution in [0.25, 0.3) is 0 Å². The summed E-state index contributed by atoms with van der Waals surface area (Å²) >= 11 is 0. The minimum atomic E-state index is -3.55. The van der Waals surface area contributed by atoms with E-state index in [4.69, 9.17) is 0 Å². The van der Waals surface area contributed by atoms with Crippen molar-refractivity contribution in [3.8, 4) is 11.8 Å². The third-order valence-electron chi connectivity index (χ3n) is 6.22. The summed E-state index contributed by atoms with van der Waals surface area (Å²) in [6.45, 7) is 3.52. The molecule has 2 aliphatic heterocycles. The lowest BCUT2D eigenvalue weighted by molar-refractivity contribution is -0.127. The highest BCUT2D eigenvalue weighted by Gasteiger charge is 2.51. The normalized spacial score (nSPS) is 31.8. The highest BCUT2D eigenvalue weighted by molar-refractivity contribution is 7.89. The number of hydrogen-bond donors (Lipinski definition) is 3. The maximum atomic E-state index is 13.3. The molecule has 1 saturated carbocycles. The number of fused-ring (bicyclic) bond motifs is 1. The summed E-state index contributed by atoms with van der Waals surface area (Å²) in [7, 11) is -3.55. The van der Waals surface area contributed by atoms with E-state index in [-0.39, 0.29) is 18.5 Å². The second kappa shape index (κ2) is 8.44. The molecule has 1 aromatic rings. The predicted octanol–water partition coefficient (Wildman–Crippen LogP) is 0.450. The van der Waals surface area contributed by atoms with E-state index in [1.54, 1.807) is 0 Å². The summed E-state index contributed by atoms with van der Waals surface area (Å²) < 4.78 is 28.1. The molecule has 3 fully saturated rings. The number of nitrogens with one attached hydrogen (secondary N) is 3. The van der Waals surface area contributed by atoms with Crippen LogP contribution in [-0.2, 0) is 14.8 Å². The molecule has 1 aromatic carbocycles. The molecule has 29 heavy (non-hydrogen) atoms. The quantitative estimate of drug-likeness (QED) is 0.620. The molecule has 1 aliphatic carbocycles. The number of rotatable bonds is 4. The predicted molar refractivity (Wildman–Crippen MR) is 111 cm³/mol. The molecular weight excluding hydrogens is 388 g/mol. The average Bonchev–Trinajstić information content (AvgIpc) is 3.12. The number of nitrogens with zero attached hydrogens (tertiary/aromatic N) is 1. The Labute approximate surface area is 172 Å². The van der Waals surface area contributed by atoms with Crippen LogP contribution < -0.4 is 16.2 Å². The minimum absolute atomic E-state index is 0.0859. The maximum absolute atomic E-state index is 13.3. The molecular formula is C21H28N4O3S. The van der Waals surface area contributed by atoms with Crippen LogP contribution in [0.1, 0.15) is 31.7 Å². The van der Waals surface area contributed by atoms with Crippen molar-refractivity contribution in [3.05, 3.63) is 35.9 Å². The fourth-order valence-electron chi connectivity index (χ4n) is 4.66. The van der Waals surface area contributed by atoms with Crippen LogP contribution in [0.2, 0.25) is 0 Å². The van der Waals surface area contributed by atoms with Crippen LogP contribution >= 0.6 is 0 Å². The lowest BCUT2D eigenvalue weighted by Crippen LogP contribution is -2.63. The summed E-state index contributed by atoms with van der Waals surface area (Å²) in [5, 5.41) is 2.28. The molecule has 5 atom stereocenters.